The van der Waals surface area contributed by atoms with Crippen LogP contribution in [0.15, 0.2) is 36.7 Å². The molecular formula is C14H15N5O. The van der Waals surface area contributed by atoms with Crippen LogP contribution in [-0.2, 0) is 5.60 Å². The molecule has 102 valence electrons. The van der Waals surface area contributed by atoms with Crippen molar-refractivity contribution in [3.05, 3.63) is 42.4 Å². The second-order valence-electron chi connectivity index (χ2n) is 5.12. The molecule has 0 amide bonds. The van der Waals surface area contributed by atoms with Gasteiger partial charge in [-0.2, -0.15) is 5.10 Å². The molecule has 0 saturated heterocycles. The van der Waals surface area contributed by atoms with Gasteiger partial charge in [-0.25, -0.2) is 4.98 Å². The number of pyridine rings is 2. The molecule has 0 atom stereocenters. The van der Waals surface area contributed by atoms with E-state index in [0.717, 1.165) is 10.9 Å². The third-order valence-electron chi connectivity index (χ3n) is 2.98. The van der Waals surface area contributed by atoms with Crippen LogP contribution in [0.25, 0.3) is 10.9 Å². The molecule has 0 aliphatic rings. The number of hydrogen-bond acceptors (Lipinski definition) is 5. The molecule has 0 bridgehead atoms. The molecule has 3 rings (SSSR count). The number of anilines is 2. The predicted molar refractivity (Wildman–Crippen MR) is 76.7 cm³/mol. The first-order chi connectivity index (χ1) is 9.52. The van der Waals surface area contributed by atoms with Crippen LogP contribution >= 0.6 is 0 Å². The van der Waals surface area contributed by atoms with Crippen molar-refractivity contribution in [2.45, 2.75) is 19.4 Å². The minimum absolute atomic E-state index is 0.602. The lowest BCUT2D eigenvalue weighted by molar-refractivity contribution is 0.0738. The summed E-state index contributed by atoms with van der Waals surface area (Å²) < 4.78 is 0. The van der Waals surface area contributed by atoms with E-state index in [9.17, 15) is 5.11 Å². The zero-order chi connectivity index (χ0) is 14.2. The topological polar surface area (TPSA) is 86.7 Å². The van der Waals surface area contributed by atoms with E-state index in [1.165, 1.54) is 0 Å². The van der Waals surface area contributed by atoms with Crippen LogP contribution in [0.3, 0.4) is 0 Å². The van der Waals surface area contributed by atoms with E-state index in [1.54, 1.807) is 32.3 Å². The Labute approximate surface area is 115 Å². The third-order valence-corrected chi connectivity index (χ3v) is 2.98. The maximum atomic E-state index is 9.89. The Hall–Kier alpha value is -2.47. The molecule has 0 fully saturated rings. The zero-order valence-corrected chi connectivity index (χ0v) is 11.3. The summed E-state index contributed by atoms with van der Waals surface area (Å²) in [6, 6.07) is 7.44. The van der Waals surface area contributed by atoms with Crippen LogP contribution in [-0.4, -0.2) is 25.3 Å². The first kappa shape index (κ1) is 12.6. The summed E-state index contributed by atoms with van der Waals surface area (Å²) in [7, 11) is 0. The third kappa shape index (κ3) is 2.46. The Morgan fingerprint density at radius 2 is 2.05 bits per heavy atom. The van der Waals surface area contributed by atoms with Crippen LogP contribution in [0.2, 0.25) is 0 Å². The quantitative estimate of drug-likeness (QED) is 0.679. The molecule has 6 nitrogen and oxygen atoms in total. The lowest BCUT2D eigenvalue weighted by Crippen LogP contribution is -2.15. The maximum Gasteiger partial charge on any atom is 0.153 e. The van der Waals surface area contributed by atoms with Crippen molar-refractivity contribution in [1.82, 2.24) is 20.2 Å². The number of aromatic amines is 1. The van der Waals surface area contributed by atoms with Gasteiger partial charge >= 0.3 is 0 Å². The number of nitrogens with zero attached hydrogens (tertiary/aromatic N) is 3. The number of H-pyrrole nitrogens is 1. The minimum Gasteiger partial charge on any atom is -0.384 e. The maximum absolute atomic E-state index is 9.89. The second-order valence-corrected chi connectivity index (χ2v) is 5.12. The summed E-state index contributed by atoms with van der Waals surface area (Å²) in [5.41, 5.74) is 0.549. The molecule has 0 aliphatic heterocycles. The van der Waals surface area contributed by atoms with E-state index in [4.69, 9.17) is 0 Å². The van der Waals surface area contributed by atoms with Gasteiger partial charge in [-0.15, -0.1) is 0 Å². The van der Waals surface area contributed by atoms with Crippen molar-refractivity contribution >= 4 is 22.5 Å². The van der Waals surface area contributed by atoms with Crippen molar-refractivity contribution in [2.75, 3.05) is 5.32 Å². The molecule has 20 heavy (non-hydrogen) atoms. The highest BCUT2D eigenvalue weighted by Crippen LogP contribution is 2.22. The monoisotopic (exact) mass is 269 g/mol. The lowest BCUT2D eigenvalue weighted by atomic mass is 10.1. The molecule has 0 saturated carbocycles. The highest BCUT2D eigenvalue weighted by molar-refractivity contribution is 5.80. The summed E-state index contributed by atoms with van der Waals surface area (Å²) >= 11 is 0. The molecule has 3 aromatic heterocycles. The largest absolute Gasteiger partial charge is 0.384 e. The van der Waals surface area contributed by atoms with E-state index in [-0.39, 0.29) is 0 Å². The summed E-state index contributed by atoms with van der Waals surface area (Å²) in [6.45, 7) is 3.39. The van der Waals surface area contributed by atoms with Crippen molar-refractivity contribution < 1.29 is 5.11 Å². The Balaban J connectivity index is 1.87. The Bertz CT molecular complexity index is 744. The Morgan fingerprint density at radius 1 is 1.20 bits per heavy atom. The van der Waals surface area contributed by atoms with Gasteiger partial charge in [0.05, 0.1) is 11.2 Å². The average Bonchev–Trinajstić information content (AvgIpc) is 2.87. The average molecular weight is 269 g/mol. The van der Waals surface area contributed by atoms with Crippen LogP contribution < -0.4 is 5.32 Å². The summed E-state index contributed by atoms with van der Waals surface area (Å²) in [5.74, 6) is 1.26. The zero-order valence-electron chi connectivity index (χ0n) is 11.3. The highest BCUT2D eigenvalue weighted by atomic mass is 16.3. The normalized spacial score (nSPS) is 11.8. The molecule has 0 unspecified atom stereocenters. The fourth-order valence-electron chi connectivity index (χ4n) is 1.86. The standard InChI is InChI=1S/C14H15N5O/c1-14(2,20)11-7-13(19-18-11)17-12-6-10-9(8-16-12)4-3-5-15-10/h3-8,20H,1-2H3,(H2,16,17,18,19). The minimum atomic E-state index is -0.953. The number of fused-ring (bicyclic) bond motifs is 1. The Morgan fingerprint density at radius 3 is 2.80 bits per heavy atom. The number of aromatic nitrogens is 4. The van der Waals surface area contributed by atoms with Crippen LogP contribution in [0.5, 0.6) is 0 Å². The van der Waals surface area contributed by atoms with E-state index in [2.05, 4.69) is 25.5 Å². The molecule has 3 aromatic rings. The van der Waals surface area contributed by atoms with Crippen LogP contribution in [0, 0.1) is 0 Å². The molecule has 0 radical (unpaired) electrons. The molecule has 3 heterocycles. The van der Waals surface area contributed by atoms with Crippen molar-refractivity contribution in [3.63, 3.8) is 0 Å². The summed E-state index contributed by atoms with van der Waals surface area (Å²) in [4.78, 5) is 8.59. The first-order valence-electron chi connectivity index (χ1n) is 6.28. The van der Waals surface area contributed by atoms with Crippen LogP contribution in [0.1, 0.15) is 19.5 Å². The predicted octanol–water partition coefficient (Wildman–Crippen LogP) is 2.32. The van der Waals surface area contributed by atoms with Crippen LogP contribution in [0.4, 0.5) is 11.6 Å². The van der Waals surface area contributed by atoms with Gasteiger partial charge in [-0.3, -0.25) is 10.1 Å². The molecule has 3 N–H and O–H groups in total. The smallest absolute Gasteiger partial charge is 0.153 e. The van der Waals surface area contributed by atoms with Gasteiger partial charge < -0.3 is 10.4 Å². The summed E-state index contributed by atoms with van der Waals surface area (Å²) in [5, 5.41) is 20.9. The molecular weight excluding hydrogens is 254 g/mol. The SMILES string of the molecule is CC(C)(O)c1cc(Nc2cc3ncccc3cn2)n[nH]1. The van der Waals surface area contributed by atoms with Gasteiger partial charge in [0.25, 0.3) is 0 Å². The van der Waals surface area contributed by atoms with Gasteiger partial charge in [0.15, 0.2) is 5.82 Å². The van der Waals surface area contributed by atoms with Gasteiger partial charge in [0.1, 0.15) is 11.4 Å². The van der Waals surface area contributed by atoms with Crippen molar-refractivity contribution in [3.8, 4) is 0 Å². The van der Waals surface area contributed by atoms with Crippen molar-refractivity contribution in [1.29, 1.82) is 0 Å². The van der Waals surface area contributed by atoms with E-state index in [0.29, 0.717) is 17.3 Å². The molecule has 0 aromatic carbocycles. The highest BCUT2D eigenvalue weighted by Gasteiger charge is 2.18. The number of nitrogens with one attached hydrogen (secondary N) is 2. The summed E-state index contributed by atoms with van der Waals surface area (Å²) in [6.07, 6.45) is 3.50. The Kier molecular flexibility index (Phi) is 2.87. The fourth-order valence-corrected chi connectivity index (χ4v) is 1.86. The van der Waals surface area contributed by atoms with Crippen molar-refractivity contribution in [2.24, 2.45) is 0 Å². The molecule has 0 spiro atoms. The lowest BCUT2D eigenvalue weighted by Gasteiger charge is -2.13. The first-order valence-corrected chi connectivity index (χ1v) is 6.28. The fraction of sp³-hybridized carbons (Fsp3) is 0.214. The van der Waals surface area contributed by atoms with Gasteiger partial charge in [-0.05, 0) is 26.0 Å². The van der Waals surface area contributed by atoms with Gasteiger partial charge in [0.2, 0.25) is 0 Å². The van der Waals surface area contributed by atoms with E-state index < -0.39 is 5.60 Å². The second kappa shape index (κ2) is 4.57. The molecule has 6 heteroatoms. The number of aliphatic hydroxyl groups is 1. The van der Waals surface area contributed by atoms with E-state index >= 15 is 0 Å². The van der Waals surface area contributed by atoms with Gasteiger partial charge in [0, 0.05) is 29.9 Å². The number of rotatable bonds is 3. The molecule has 0 aliphatic carbocycles. The number of hydrogen-bond donors (Lipinski definition) is 3. The van der Waals surface area contributed by atoms with Gasteiger partial charge in [-0.1, -0.05) is 0 Å². The van der Waals surface area contributed by atoms with E-state index in [1.807, 2.05) is 18.2 Å².